The van der Waals surface area contributed by atoms with Crippen LogP contribution in [0.2, 0.25) is 5.02 Å². The average molecular weight is 396 g/mol. The van der Waals surface area contributed by atoms with Crippen LogP contribution in [0.15, 0.2) is 35.2 Å². The zero-order chi connectivity index (χ0) is 18.9. The van der Waals surface area contributed by atoms with Gasteiger partial charge in [0.2, 0.25) is 10.0 Å². The highest BCUT2D eigenvalue weighted by Crippen LogP contribution is 2.23. The number of nitrogens with zero attached hydrogens (tertiary/aromatic N) is 5. The van der Waals surface area contributed by atoms with Gasteiger partial charge in [0, 0.05) is 51.4 Å². The van der Waals surface area contributed by atoms with Gasteiger partial charge in [-0.2, -0.15) is 4.31 Å². The summed E-state index contributed by atoms with van der Waals surface area (Å²) in [6.07, 6.45) is 0. The zero-order valence-electron chi connectivity index (χ0n) is 15.1. The number of hydrogen-bond donors (Lipinski definition) is 0. The lowest BCUT2D eigenvalue weighted by Crippen LogP contribution is -2.49. The first-order chi connectivity index (χ1) is 12.3. The van der Waals surface area contributed by atoms with Crippen LogP contribution in [0.1, 0.15) is 5.82 Å². The van der Waals surface area contributed by atoms with Crippen molar-refractivity contribution in [1.29, 1.82) is 0 Å². The maximum absolute atomic E-state index is 12.8. The number of hydrogen-bond acceptors (Lipinski definition) is 6. The lowest BCUT2D eigenvalue weighted by Gasteiger charge is -2.35. The van der Waals surface area contributed by atoms with E-state index in [0.717, 1.165) is 11.6 Å². The normalized spacial score (nSPS) is 15.9. The number of anilines is 2. The molecule has 3 rings (SSSR count). The van der Waals surface area contributed by atoms with Gasteiger partial charge in [0.15, 0.2) is 0 Å². The predicted molar refractivity (Wildman–Crippen MR) is 104 cm³/mol. The molecule has 1 aromatic heterocycles. The summed E-state index contributed by atoms with van der Waals surface area (Å²) in [7, 11) is 0.325. The SMILES string of the molecule is Cc1nc(N(C)C)cc(N2CCN(S(=O)(=O)c3cccc(Cl)c3)CC2)n1. The number of benzene rings is 1. The van der Waals surface area contributed by atoms with E-state index in [1.807, 2.05) is 32.0 Å². The van der Waals surface area contributed by atoms with Gasteiger partial charge in [0.1, 0.15) is 17.5 Å². The van der Waals surface area contributed by atoms with Crippen molar-refractivity contribution in [3.8, 4) is 0 Å². The van der Waals surface area contributed by atoms with Gasteiger partial charge >= 0.3 is 0 Å². The van der Waals surface area contributed by atoms with E-state index in [4.69, 9.17) is 11.6 Å². The second kappa shape index (κ2) is 7.38. The van der Waals surface area contributed by atoms with Crippen molar-refractivity contribution < 1.29 is 8.42 Å². The van der Waals surface area contributed by atoms with Crippen molar-refractivity contribution in [2.24, 2.45) is 0 Å². The Bertz CT molecular complexity index is 896. The Morgan fingerprint density at radius 1 is 1.08 bits per heavy atom. The van der Waals surface area contributed by atoms with Crippen LogP contribution in [0, 0.1) is 6.92 Å². The summed E-state index contributed by atoms with van der Waals surface area (Å²) in [5.74, 6) is 2.35. The second-order valence-corrected chi connectivity index (χ2v) is 8.75. The molecule has 9 heteroatoms. The minimum absolute atomic E-state index is 0.228. The van der Waals surface area contributed by atoms with Crippen molar-refractivity contribution in [1.82, 2.24) is 14.3 Å². The van der Waals surface area contributed by atoms with E-state index in [1.54, 1.807) is 18.2 Å². The van der Waals surface area contributed by atoms with E-state index in [-0.39, 0.29) is 4.90 Å². The first-order valence-corrected chi connectivity index (χ1v) is 10.1. The molecule has 0 atom stereocenters. The molecule has 0 unspecified atom stereocenters. The standard InChI is InChI=1S/C17H22ClN5O2S/c1-13-19-16(21(2)3)12-17(20-13)22-7-9-23(10-8-22)26(24,25)15-6-4-5-14(18)11-15/h4-6,11-12H,7-10H2,1-3H3. The number of halogens is 1. The second-order valence-electron chi connectivity index (χ2n) is 6.37. The molecule has 2 heterocycles. The molecule has 1 aliphatic heterocycles. The van der Waals surface area contributed by atoms with Crippen LogP contribution in [0.3, 0.4) is 0 Å². The molecule has 0 bridgehead atoms. The van der Waals surface area contributed by atoms with Crippen LogP contribution in [0.4, 0.5) is 11.6 Å². The van der Waals surface area contributed by atoms with Crippen LogP contribution >= 0.6 is 11.6 Å². The molecule has 0 radical (unpaired) electrons. The topological polar surface area (TPSA) is 69.6 Å². The fourth-order valence-corrected chi connectivity index (χ4v) is 4.59. The van der Waals surface area contributed by atoms with Crippen molar-refractivity contribution in [3.05, 3.63) is 41.2 Å². The molecule has 0 saturated carbocycles. The smallest absolute Gasteiger partial charge is 0.243 e. The van der Waals surface area contributed by atoms with Crippen molar-refractivity contribution in [3.63, 3.8) is 0 Å². The summed E-state index contributed by atoms with van der Waals surface area (Å²) in [5, 5.41) is 0.414. The van der Waals surface area contributed by atoms with Crippen LogP contribution < -0.4 is 9.80 Å². The monoisotopic (exact) mass is 395 g/mol. The van der Waals surface area contributed by atoms with E-state index in [2.05, 4.69) is 14.9 Å². The highest BCUT2D eigenvalue weighted by molar-refractivity contribution is 7.89. The first kappa shape index (κ1) is 18.9. The van der Waals surface area contributed by atoms with E-state index >= 15 is 0 Å². The van der Waals surface area contributed by atoms with Crippen LogP contribution in [0.25, 0.3) is 0 Å². The van der Waals surface area contributed by atoms with Crippen molar-refractivity contribution in [2.45, 2.75) is 11.8 Å². The van der Waals surface area contributed by atoms with E-state index in [9.17, 15) is 8.42 Å². The maximum Gasteiger partial charge on any atom is 0.243 e. The molecule has 0 aliphatic carbocycles. The molecule has 26 heavy (non-hydrogen) atoms. The Morgan fingerprint density at radius 2 is 1.77 bits per heavy atom. The van der Waals surface area contributed by atoms with Gasteiger partial charge < -0.3 is 9.80 Å². The molecule has 1 aromatic carbocycles. The summed E-state index contributed by atoms with van der Waals surface area (Å²) in [6, 6.07) is 8.30. The third-order valence-corrected chi connectivity index (χ3v) is 6.40. The molecule has 0 amide bonds. The van der Waals surface area contributed by atoms with E-state index in [0.29, 0.717) is 37.0 Å². The lowest BCUT2D eigenvalue weighted by molar-refractivity contribution is 0.383. The number of rotatable bonds is 4. The molecular formula is C17H22ClN5O2S. The number of sulfonamides is 1. The third-order valence-electron chi connectivity index (χ3n) is 4.27. The summed E-state index contributed by atoms with van der Waals surface area (Å²) in [6.45, 7) is 3.80. The third kappa shape index (κ3) is 3.92. The van der Waals surface area contributed by atoms with Crippen molar-refractivity contribution >= 4 is 33.3 Å². The fourth-order valence-electron chi connectivity index (χ4n) is 2.86. The molecule has 2 aromatic rings. The summed E-state index contributed by atoms with van der Waals surface area (Å²) < 4.78 is 27.1. The molecule has 1 fully saturated rings. The lowest BCUT2D eigenvalue weighted by atomic mass is 10.3. The number of aryl methyl sites for hydroxylation is 1. The Morgan fingerprint density at radius 3 is 2.38 bits per heavy atom. The summed E-state index contributed by atoms with van der Waals surface area (Å²) >= 11 is 5.94. The number of piperazine rings is 1. The van der Waals surface area contributed by atoms with E-state index < -0.39 is 10.0 Å². The van der Waals surface area contributed by atoms with Gasteiger partial charge in [-0.3, -0.25) is 0 Å². The van der Waals surface area contributed by atoms with Gasteiger partial charge in [0.05, 0.1) is 4.90 Å². The number of aromatic nitrogens is 2. The Labute approximate surface area is 159 Å². The molecule has 1 saturated heterocycles. The van der Waals surface area contributed by atoms with Crippen LogP contribution in [-0.2, 0) is 10.0 Å². The predicted octanol–water partition coefficient (Wildman–Crippen LogP) is 2.02. The fraction of sp³-hybridized carbons (Fsp3) is 0.412. The molecule has 1 aliphatic rings. The highest BCUT2D eigenvalue weighted by Gasteiger charge is 2.29. The molecule has 0 spiro atoms. The largest absolute Gasteiger partial charge is 0.363 e. The van der Waals surface area contributed by atoms with Gasteiger partial charge in [-0.15, -0.1) is 0 Å². The van der Waals surface area contributed by atoms with E-state index in [1.165, 1.54) is 10.4 Å². The maximum atomic E-state index is 12.8. The van der Waals surface area contributed by atoms with Gasteiger partial charge in [-0.05, 0) is 25.1 Å². The average Bonchev–Trinajstić information content (AvgIpc) is 2.61. The Kier molecular flexibility index (Phi) is 5.36. The minimum Gasteiger partial charge on any atom is -0.363 e. The quantitative estimate of drug-likeness (QED) is 0.788. The van der Waals surface area contributed by atoms with Gasteiger partial charge in [0.25, 0.3) is 0 Å². The van der Waals surface area contributed by atoms with Gasteiger partial charge in [-0.1, -0.05) is 17.7 Å². The van der Waals surface area contributed by atoms with Crippen LogP contribution in [0.5, 0.6) is 0 Å². The minimum atomic E-state index is -3.54. The highest BCUT2D eigenvalue weighted by atomic mass is 35.5. The molecular weight excluding hydrogens is 374 g/mol. The summed E-state index contributed by atoms with van der Waals surface area (Å²) in [5.41, 5.74) is 0. The van der Waals surface area contributed by atoms with Crippen LogP contribution in [-0.4, -0.2) is 63.0 Å². The van der Waals surface area contributed by atoms with Gasteiger partial charge in [-0.25, -0.2) is 18.4 Å². The zero-order valence-corrected chi connectivity index (χ0v) is 16.6. The first-order valence-electron chi connectivity index (χ1n) is 8.31. The molecule has 7 nitrogen and oxygen atoms in total. The molecule has 0 N–H and O–H groups in total. The summed E-state index contributed by atoms with van der Waals surface area (Å²) in [4.78, 5) is 13.1. The molecule has 140 valence electrons. The Hall–Kier alpha value is -1.90. The van der Waals surface area contributed by atoms with Crippen molar-refractivity contribution in [2.75, 3.05) is 50.1 Å². The Balaban J connectivity index is 1.75.